The van der Waals surface area contributed by atoms with Crippen molar-refractivity contribution < 1.29 is 13.0 Å². The Morgan fingerprint density at radius 1 is 0.818 bits per heavy atom. The third kappa shape index (κ3) is 17.6. The Hall–Kier alpha value is -0.870. The van der Waals surface area contributed by atoms with Crippen molar-refractivity contribution in [1.29, 1.82) is 0 Å². The molecule has 0 heterocycles. The molecule has 0 saturated heterocycles. The van der Waals surface area contributed by atoms with E-state index in [4.69, 9.17) is 13.0 Å². The lowest BCUT2D eigenvalue weighted by atomic mass is 10.4. The molecular weight excluding hydrogens is 164 g/mol. The summed E-state index contributed by atoms with van der Waals surface area (Å²) >= 11 is 0. The van der Waals surface area contributed by atoms with E-state index in [-0.39, 0.29) is 0 Å². The summed E-state index contributed by atoms with van der Waals surface area (Å²) in [5.74, 6) is 0. The van der Waals surface area contributed by atoms with Crippen molar-refractivity contribution in [3.8, 4) is 0 Å². The highest BCUT2D eigenvalue weighted by Gasteiger charge is 1.85. The van der Waals surface area contributed by atoms with Gasteiger partial charge in [0, 0.05) is 0 Å². The molecule has 0 amide bonds. The number of rotatable bonds is 0. The summed E-state index contributed by atoms with van der Waals surface area (Å²) in [4.78, 5) is 0. The first-order valence-electron chi connectivity index (χ1n) is 2.91. The number of hydrogen-bond donors (Lipinski definition) is 0. The molecule has 11 heavy (non-hydrogen) atoms. The van der Waals surface area contributed by atoms with Crippen LogP contribution in [0, 0.1) is 0 Å². The van der Waals surface area contributed by atoms with Crippen LogP contribution in [0.4, 0.5) is 0 Å². The minimum atomic E-state index is -3.92. The van der Waals surface area contributed by atoms with Crippen LogP contribution < -0.4 is 0 Å². The van der Waals surface area contributed by atoms with E-state index in [0.717, 1.165) is 0 Å². The molecule has 0 atom stereocenters. The Balaban J connectivity index is 0.000000187. The van der Waals surface area contributed by atoms with Gasteiger partial charge in [-0.2, -0.15) is 8.42 Å². The fourth-order valence-electron chi connectivity index (χ4n) is 0.385. The van der Waals surface area contributed by atoms with E-state index < -0.39 is 10.1 Å². The molecule has 4 heteroatoms. The van der Waals surface area contributed by atoms with Gasteiger partial charge in [0.25, 0.3) is 10.1 Å². The number of hydrogen-bond acceptors (Lipinski definition) is 2. The Bertz CT molecular complexity index is 230. The molecule has 0 aliphatic carbocycles. The van der Waals surface area contributed by atoms with Gasteiger partial charge in [0.15, 0.2) is 0 Å². The zero-order valence-corrected chi connectivity index (χ0v) is 6.91. The van der Waals surface area contributed by atoms with Gasteiger partial charge in [0.1, 0.15) is 0 Å². The molecule has 0 bridgehead atoms. The SMILES string of the molecule is CS([O])(=O)=O.c1ccccc1. The van der Waals surface area contributed by atoms with Crippen LogP contribution in [0.15, 0.2) is 36.4 Å². The molecule has 0 aromatic heterocycles. The molecule has 1 rings (SSSR count). The van der Waals surface area contributed by atoms with Crippen molar-refractivity contribution in [2.75, 3.05) is 6.26 Å². The monoisotopic (exact) mass is 173 g/mol. The first-order valence-corrected chi connectivity index (χ1v) is 4.72. The summed E-state index contributed by atoms with van der Waals surface area (Å²) < 4.78 is 27.2. The Morgan fingerprint density at radius 3 is 1.00 bits per heavy atom. The lowest BCUT2D eigenvalue weighted by molar-refractivity contribution is 0.420. The van der Waals surface area contributed by atoms with Crippen molar-refractivity contribution in [3.63, 3.8) is 0 Å². The summed E-state index contributed by atoms with van der Waals surface area (Å²) in [5.41, 5.74) is 0. The summed E-state index contributed by atoms with van der Waals surface area (Å²) in [6.45, 7) is 0. The van der Waals surface area contributed by atoms with Gasteiger partial charge in [-0.25, -0.2) is 0 Å². The second-order valence-corrected chi connectivity index (χ2v) is 3.27. The Labute approximate surface area is 66.4 Å². The average Bonchev–Trinajstić information content (AvgIpc) is 1.88. The lowest BCUT2D eigenvalue weighted by Gasteiger charge is -1.69. The van der Waals surface area contributed by atoms with Crippen LogP contribution in [-0.4, -0.2) is 14.7 Å². The molecule has 61 valence electrons. The van der Waals surface area contributed by atoms with E-state index in [1.165, 1.54) is 0 Å². The minimum Gasteiger partial charge on any atom is -0.197 e. The highest BCUT2D eigenvalue weighted by atomic mass is 32.2. The standard InChI is InChI=1S/C6H6.CH3O3S/c1-2-4-6-5-3-1;1-5(2,3)4/h1-6H;1H3. The topological polar surface area (TPSA) is 54.0 Å². The highest BCUT2D eigenvalue weighted by Crippen LogP contribution is 1.79. The van der Waals surface area contributed by atoms with Crippen LogP contribution in [0.1, 0.15) is 0 Å². The molecule has 1 aromatic rings. The van der Waals surface area contributed by atoms with E-state index in [1.54, 1.807) is 0 Å². The average molecular weight is 173 g/mol. The van der Waals surface area contributed by atoms with Crippen LogP contribution in [-0.2, 0) is 14.7 Å². The van der Waals surface area contributed by atoms with Crippen molar-refractivity contribution in [3.05, 3.63) is 36.4 Å². The maximum absolute atomic E-state index is 9.08. The molecule has 0 fully saturated rings. The maximum atomic E-state index is 9.08. The first-order chi connectivity index (χ1) is 5.00. The van der Waals surface area contributed by atoms with Crippen LogP contribution in [0.25, 0.3) is 0 Å². The summed E-state index contributed by atoms with van der Waals surface area (Å²) in [6, 6.07) is 12.0. The molecule has 1 aromatic carbocycles. The minimum absolute atomic E-state index is 0.604. The van der Waals surface area contributed by atoms with Gasteiger partial charge in [0.2, 0.25) is 0 Å². The number of benzene rings is 1. The molecular formula is C7H9O3S. The Morgan fingerprint density at radius 2 is 0.909 bits per heavy atom. The van der Waals surface area contributed by atoms with E-state index in [0.29, 0.717) is 6.26 Å². The van der Waals surface area contributed by atoms with Crippen molar-refractivity contribution in [2.24, 2.45) is 0 Å². The summed E-state index contributed by atoms with van der Waals surface area (Å²) in [7, 11) is -3.92. The molecule has 0 spiro atoms. The second kappa shape index (κ2) is 4.87. The smallest absolute Gasteiger partial charge is 0.197 e. The van der Waals surface area contributed by atoms with Crippen LogP contribution in [0.3, 0.4) is 0 Å². The molecule has 0 saturated carbocycles. The van der Waals surface area contributed by atoms with Gasteiger partial charge in [-0.05, 0) is 0 Å². The third-order valence-electron chi connectivity index (χ3n) is 0.667. The highest BCUT2D eigenvalue weighted by molar-refractivity contribution is 7.84. The van der Waals surface area contributed by atoms with Gasteiger partial charge in [0.05, 0.1) is 6.26 Å². The molecule has 3 nitrogen and oxygen atoms in total. The molecule has 0 aliphatic rings. The van der Waals surface area contributed by atoms with Crippen molar-refractivity contribution >= 4 is 10.1 Å². The van der Waals surface area contributed by atoms with E-state index >= 15 is 0 Å². The second-order valence-electron chi connectivity index (χ2n) is 1.86. The third-order valence-corrected chi connectivity index (χ3v) is 0.667. The van der Waals surface area contributed by atoms with E-state index in [9.17, 15) is 0 Å². The van der Waals surface area contributed by atoms with Gasteiger partial charge < -0.3 is 0 Å². The zero-order chi connectivity index (χ0) is 8.74. The first kappa shape index (κ1) is 10.1. The van der Waals surface area contributed by atoms with Crippen molar-refractivity contribution in [1.82, 2.24) is 0 Å². The van der Waals surface area contributed by atoms with Crippen molar-refractivity contribution in [2.45, 2.75) is 0 Å². The zero-order valence-electron chi connectivity index (χ0n) is 6.10. The van der Waals surface area contributed by atoms with Gasteiger partial charge in [-0.15, -0.1) is 0 Å². The molecule has 1 radical (unpaired) electrons. The molecule has 0 aliphatic heterocycles. The van der Waals surface area contributed by atoms with Crippen LogP contribution in [0.2, 0.25) is 0 Å². The van der Waals surface area contributed by atoms with E-state index in [2.05, 4.69) is 0 Å². The van der Waals surface area contributed by atoms with Crippen LogP contribution >= 0.6 is 0 Å². The predicted molar refractivity (Wildman–Crippen MR) is 42.0 cm³/mol. The summed E-state index contributed by atoms with van der Waals surface area (Å²) in [6.07, 6.45) is 0.604. The van der Waals surface area contributed by atoms with Crippen LogP contribution in [0.5, 0.6) is 0 Å². The maximum Gasteiger partial charge on any atom is 0.291 e. The largest absolute Gasteiger partial charge is 0.291 e. The van der Waals surface area contributed by atoms with Gasteiger partial charge >= 0.3 is 0 Å². The van der Waals surface area contributed by atoms with E-state index in [1.807, 2.05) is 36.4 Å². The Kier molecular flexibility index (Phi) is 4.49. The van der Waals surface area contributed by atoms with Gasteiger partial charge in [-0.1, -0.05) is 41.0 Å². The normalized spacial score (nSPS) is 9.64. The fourth-order valence-corrected chi connectivity index (χ4v) is 0.385. The molecule has 0 N–H and O–H groups in total. The lowest BCUT2D eigenvalue weighted by Crippen LogP contribution is -1.85. The molecule has 0 unspecified atom stereocenters. The fraction of sp³-hybridized carbons (Fsp3) is 0.143. The summed E-state index contributed by atoms with van der Waals surface area (Å²) in [5, 5.41) is 0. The predicted octanol–water partition coefficient (Wildman–Crippen LogP) is 1.06. The van der Waals surface area contributed by atoms with Gasteiger partial charge in [-0.3, -0.25) is 0 Å². The quantitative estimate of drug-likeness (QED) is 0.589.